The van der Waals surface area contributed by atoms with Gasteiger partial charge in [0.1, 0.15) is 22.4 Å². The summed E-state index contributed by atoms with van der Waals surface area (Å²) in [6, 6.07) is 38.2. The predicted molar refractivity (Wildman–Crippen MR) is 191 cm³/mol. The molecular weight excluding hydrogens is 623 g/mol. The van der Waals surface area contributed by atoms with Crippen molar-refractivity contribution in [3.8, 4) is 11.5 Å². The van der Waals surface area contributed by atoms with E-state index < -0.39 is 17.1 Å². The molecule has 0 saturated carbocycles. The molecule has 5 rings (SSSR count). The van der Waals surface area contributed by atoms with E-state index >= 15 is 0 Å². The van der Waals surface area contributed by atoms with Gasteiger partial charge in [0.05, 0.1) is 14.2 Å². The number of hydrogen-bond acceptors (Lipinski definition) is 6. The van der Waals surface area contributed by atoms with E-state index in [1.54, 1.807) is 81.0 Å². The molecule has 0 spiro atoms. The van der Waals surface area contributed by atoms with Gasteiger partial charge in [0.2, 0.25) is 5.91 Å². The van der Waals surface area contributed by atoms with Crippen LogP contribution < -0.4 is 25.4 Å². The predicted octanol–water partition coefficient (Wildman–Crippen LogP) is 7.89. The summed E-state index contributed by atoms with van der Waals surface area (Å²) in [7, 11) is 3.10. The average Bonchev–Trinajstić information content (AvgIpc) is 3.11. The van der Waals surface area contributed by atoms with E-state index in [4.69, 9.17) is 9.47 Å². The smallest absolute Gasteiger partial charge is 0.272 e. The maximum Gasteiger partial charge on any atom is 0.272 e. The molecule has 0 radical (unpaired) electrons. The van der Waals surface area contributed by atoms with E-state index in [0.29, 0.717) is 28.4 Å². The van der Waals surface area contributed by atoms with Gasteiger partial charge in [0, 0.05) is 40.0 Å². The van der Waals surface area contributed by atoms with Crippen molar-refractivity contribution >= 4 is 46.9 Å². The maximum absolute atomic E-state index is 13.8. The highest BCUT2D eigenvalue weighted by Gasteiger charge is 2.23. The molecule has 5 aromatic carbocycles. The maximum atomic E-state index is 13.8. The Morgan fingerprint density at radius 1 is 0.688 bits per heavy atom. The number of methoxy groups -OCH3 is 2. The Hall–Kier alpha value is -5.80. The Kier molecular flexibility index (Phi) is 11.3. The molecule has 0 bridgehead atoms. The first-order valence-corrected chi connectivity index (χ1v) is 16.0. The topological polar surface area (TPSA) is 106 Å². The Balaban J connectivity index is 1.38. The SMILES string of the molecule is COc1cc(NC(=O)C(Sc2cccc(NC(=O)/C(=C/c3ccc(C)cc3)NC(=O)c3ccccc3)c2)c2ccccc2)cc(OC)c1. The van der Waals surface area contributed by atoms with Crippen LogP contribution in [0.25, 0.3) is 6.08 Å². The van der Waals surface area contributed by atoms with Crippen molar-refractivity contribution in [2.75, 3.05) is 24.9 Å². The minimum Gasteiger partial charge on any atom is -0.497 e. The standard InChI is InChI=1S/C39H35N3O5S/c1-26-17-19-27(20-18-26)21-35(42-37(43)29-13-8-5-9-14-29)38(44)40-30-15-10-16-34(24-30)48-36(28-11-6-4-7-12-28)39(45)41-31-22-32(46-2)25-33(23-31)47-3/h4-25,36H,1-3H3,(H,40,44)(H,41,45)(H,42,43)/b35-21-. The zero-order valence-corrected chi connectivity index (χ0v) is 27.5. The largest absolute Gasteiger partial charge is 0.497 e. The number of ether oxygens (including phenoxy) is 2. The molecule has 0 fully saturated rings. The highest BCUT2D eigenvalue weighted by Crippen LogP contribution is 2.38. The Morgan fingerprint density at radius 2 is 1.33 bits per heavy atom. The van der Waals surface area contributed by atoms with Crippen LogP contribution in [0.3, 0.4) is 0 Å². The molecular formula is C39H35N3O5S. The molecule has 0 aliphatic heterocycles. The van der Waals surface area contributed by atoms with Crippen LogP contribution in [-0.2, 0) is 9.59 Å². The second-order valence-corrected chi connectivity index (χ2v) is 11.9. The first kappa shape index (κ1) is 33.6. The zero-order chi connectivity index (χ0) is 33.9. The first-order valence-electron chi connectivity index (χ1n) is 15.1. The lowest BCUT2D eigenvalue weighted by molar-refractivity contribution is -0.116. The summed E-state index contributed by atoms with van der Waals surface area (Å²) >= 11 is 1.34. The average molecular weight is 658 g/mol. The van der Waals surface area contributed by atoms with Crippen molar-refractivity contribution < 1.29 is 23.9 Å². The molecule has 0 heterocycles. The summed E-state index contributed by atoms with van der Waals surface area (Å²) in [4.78, 5) is 41.2. The van der Waals surface area contributed by atoms with E-state index in [9.17, 15) is 14.4 Å². The molecule has 1 atom stereocenters. The molecule has 242 valence electrons. The monoisotopic (exact) mass is 657 g/mol. The lowest BCUT2D eigenvalue weighted by Gasteiger charge is -2.18. The van der Waals surface area contributed by atoms with E-state index in [0.717, 1.165) is 21.6 Å². The van der Waals surface area contributed by atoms with Gasteiger partial charge >= 0.3 is 0 Å². The summed E-state index contributed by atoms with van der Waals surface area (Å²) in [5.41, 5.74) is 4.18. The van der Waals surface area contributed by atoms with Crippen LogP contribution in [0.1, 0.15) is 32.3 Å². The second-order valence-electron chi connectivity index (χ2n) is 10.8. The third-order valence-electron chi connectivity index (χ3n) is 7.22. The summed E-state index contributed by atoms with van der Waals surface area (Å²) in [5, 5.41) is 8.05. The highest BCUT2D eigenvalue weighted by atomic mass is 32.2. The van der Waals surface area contributed by atoms with Crippen LogP contribution in [0.5, 0.6) is 11.5 Å². The Bertz CT molecular complexity index is 1890. The highest BCUT2D eigenvalue weighted by molar-refractivity contribution is 8.00. The van der Waals surface area contributed by atoms with Crippen LogP contribution in [0, 0.1) is 6.92 Å². The third-order valence-corrected chi connectivity index (χ3v) is 8.47. The van der Waals surface area contributed by atoms with Gasteiger partial charge in [-0.05, 0) is 54.5 Å². The van der Waals surface area contributed by atoms with Crippen LogP contribution >= 0.6 is 11.8 Å². The number of hydrogen-bond donors (Lipinski definition) is 3. The molecule has 0 aromatic heterocycles. The summed E-state index contributed by atoms with van der Waals surface area (Å²) in [5.74, 6) is -0.0477. The fraction of sp³-hybridized carbons (Fsp3) is 0.103. The lowest BCUT2D eigenvalue weighted by Crippen LogP contribution is -2.30. The lowest BCUT2D eigenvalue weighted by atomic mass is 10.1. The number of anilines is 2. The first-order chi connectivity index (χ1) is 23.3. The van der Waals surface area contributed by atoms with Crippen LogP contribution in [0.2, 0.25) is 0 Å². The van der Waals surface area contributed by atoms with Gasteiger partial charge in [-0.3, -0.25) is 14.4 Å². The number of carbonyl (C=O) groups excluding carboxylic acids is 3. The molecule has 1 unspecified atom stereocenters. The van der Waals surface area contributed by atoms with E-state index in [1.165, 1.54) is 11.8 Å². The van der Waals surface area contributed by atoms with Gasteiger partial charge in [-0.25, -0.2) is 0 Å². The van der Waals surface area contributed by atoms with Crippen molar-refractivity contribution in [2.24, 2.45) is 0 Å². The van der Waals surface area contributed by atoms with Gasteiger partial charge in [-0.15, -0.1) is 11.8 Å². The van der Waals surface area contributed by atoms with Crippen LogP contribution in [0.4, 0.5) is 11.4 Å². The number of aryl methyl sites for hydroxylation is 1. The number of amides is 3. The molecule has 3 N–H and O–H groups in total. The van der Waals surface area contributed by atoms with Gasteiger partial charge in [0.15, 0.2) is 0 Å². The minimum absolute atomic E-state index is 0.0843. The second kappa shape index (κ2) is 16.2. The molecule has 8 nitrogen and oxygen atoms in total. The minimum atomic E-state index is -0.628. The van der Waals surface area contributed by atoms with Gasteiger partial charge < -0.3 is 25.4 Å². The molecule has 0 saturated heterocycles. The third kappa shape index (κ3) is 9.14. The van der Waals surface area contributed by atoms with Crippen LogP contribution in [-0.4, -0.2) is 31.9 Å². The fourth-order valence-corrected chi connectivity index (χ4v) is 5.83. The van der Waals surface area contributed by atoms with Gasteiger partial charge in [-0.1, -0.05) is 84.4 Å². The molecule has 0 aliphatic carbocycles. The number of thioether (sulfide) groups is 1. The van der Waals surface area contributed by atoms with E-state index in [-0.39, 0.29) is 11.6 Å². The summed E-state index contributed by atoms with van der Waals surface area (Å²) in [6.45, 7) is 1.98. The molecule has 48 heavy (non-hydrogen) atoms. The molecule has 5 aromatic rings. The van der Waals surface area contributed by atoms with Crippen molar-refractivity contribution in [1.82, 2.24) is 5.32 Å². The van der Waals surface area contributed by atoms with Crippen LogP contribution in [0.15, 0.2) is 138 Å². The Labute approximate surface area is 284 Å². The molecule has 9 heteroatoms. The normalized spacial score (nSPS) is 11.6. The van der Waals surface area contributed by atoms with Crippen molar-refractivity contribution in [3.63, 3.8) is 0 Å². The van der Waals surface area contributed by atoms with Gasteiger partial charge in [0.25, 0.3) is 11.8 Å². The van der Waals surface area contributed by atoms with E-state index in [2.05, 4.69) is 16.0 Å². The Morgan fingerprint density at radius 3 is 1.98 bits per heavy atom. The zero-order valence-electron chi connectivity index (χ0n) is 26.7. The van der Waals surface area contributed by atoms with Crippen molar-refractivity contribution in [1.29, 1.82) is 0 Å². The number of rotatable bonds is 12. The quantitative estimate of drug-likeness (QED) is 0.0931. The number of nitrogens with one attached hydrogen (secondary N) is 3. The van der Waals surface area contributed by atoms with E-state index in [1.807, 2.05) is 73.7 Å². The number of benzene rings is 5. The van der Waals surface area contributed by atoms with Gasteiger partial charge in [-0.2, -0.15) is 0 Å². The number of carbonyl (C=O) groups is 3. The molecule has 3 amide bonds. The summed E-state index contributed by atoms with van der Waals surface area (Å²) < 4.78 is 10.7. The van der Waals surface area contributed by atoms with Crippen molar-refractivity contribution in [3.05, 3.63) is 155 Å². The molecule has 0 aliphatic rings. The summed E-state index contributed by atoms with van der Waals surface area (Å²) in [6.07, 6.45) is 1.64. The van der Waals surface area contributed by atoms with Crippen molar-refractivity contribution in [2.45, 2.75) is 17.1 Å². The fourth-order valence-electron chi connectivity index (χ4n) is 4.74.